The number of anilines is 1. The summed E-state index contributed by atoms with van der Waals surface area (Å²) in [4.78, 5) is 30.3. The minimum Gasteiger partial charge on any atom is -0.382 e. The van der Waals surface area contributed by atoms with E-state index in [0.29, 0.717) is 22.5 Å². The van der Waals surface area contributed by atoms with Gasteiger partial charge in [0.05, 0.1) is 17.0 Å². The highest BCUT2D eigenvalue weighted by atomic mass is 19.1. The fourth-order valence-electron chi connectivity index (χ4n) is 2.76. The van der Waals surface area contributed by atoms with Gasteiger partial charge < -0.3 is 15.5 Å². The van der Waals surface area contributed by atoms with Gasteiger partial charge in [0.2, 0.25) is 6.10 Å². The second-order valence-electron chi connectivity index (χ2n) is 6.66. The first-order valence-electron chi connectivity index (χ1n) is 9.17. The van der Waals surface area contributed by atoms with E-state index < -0.39 is 12.0 Å². The summed E-state index contributed by atoms with van der Waals surface area (Å²) in [5, 5.41) is 9.53. The summed E-state index contributed by atoms with van der Waals surface area (Å²) in [6.45, 7) is 3.89. The molecule has 2 amide bonds. The van der Waals surface area contributed by atoms with E-state index in [2.05, 4.69) is 15.8 Å². The van der Waals surface area contributed by atoms with Gasteiger partial charge in [-0.05, 0) is 37.6 Å². The van der Waals surface area contributed by atoms with E-state index in [0.717, 1.165) is 6.42 Å². The minimum absolute atomic E-state index is 0.0247. The van der Waals surface area contributed by atoms with Crippen molar-refractivity contribution in [2.24, 2.45) is 5.16 Å². The van der Waals surface area contributed by atoms with Crippen LogP contribution in [-0.2, 0) is 9.63 Å². The molecule has 0 unspecified atom stereocenters. The standard InChI is InChI=1S/C21H22FN3O3/c1-3-13(2)23-20(26)16-9-4-5-10-17(16)24-21(27)19-12-18(25-28-19)14-7-6-8-15(22)11-14/h4-11,13,19H,3,12H2,1-2H3,(H,23,26)(H,24,27)/t13-,19-/m1/s1. The Labute approximate surface area is 162 Å². The number of benzene rings is 2. The molecule has 7 heteroatoms. The molecule has 0 saturated carbocycles. The van der Waals surface area contributed by atoms with Crippen molar-refractivity contribution >= 4 is 23.2 Å². The number of oxime groups is 1. The molecule has 1 aliphatic heterocycles. The van der Waals surface area contributed by atoms with Gasteiger partial charge in [-0.3, -0.25) is 9.59 Å². The number of nitrogens with zero attached hydrogens (tertiary/aromatic N) is 1. The van der Waals surface area contributed by atoms with E-state index in [1.807, 2.05) is 13.8 Å². The summed E-state index contributed by atoms with van der Waals surface area (Å²) < 4.78 is 13.4. The Balaban J connectivity index is 1.67. The van der Waals surface area contributed by atoms with Crippen molar-refractivity contribution < 1.29 is 18.8 Å². The van der Waals surface area contributed by atoms with Crippen LogP contribution in [0.3, 0.4) is 0 Å². The molecule has 6 nitrogen and oxygen atoms in total. The number of hydrogen-bond acceptors (Lipinski definition) is 4. The van der Waals surface area contributed by atoms with Crippen molar-refractivity contribution in [2.45, 2.75) is 38.8 Å². The van der Waals surface area contributed by atoms with Crippen LogP contribution in [0, 0.1) is 5.82 Å². The highest BCUT2D eigenvalue weighted by Gasteiger charge is 2.29. The Morgan fingerprint density at radius 2 is 2.04 bits per heavy atom. The third-order valence-electron chi connectivity index (χ3n) is 4.54. The first-order chi connectivity index (χ1) is 13.5. The third kappa shape index (κ3) is 4.54. The average molecular weight is 383 g/mol. The lowest BCUT2D eigenvalue weighted by atomic mass is 10.0. The van der Waals surface area contributed by atoms with Crippen LogP contribution in [0.1, 0.15) is 42.6 Å². The van der Waals surface area contributed by atoms with E-state index in [1.54, 1.807) is 36.4 Å². The molecule has 0 spiro atoms. The maximum atomic E-state index is 13.4. The van der Waals surface area contributed by atoms with Crippen molar-refractivity contribution in [1.82, 2.24) is 5.32 Å². The van der Waals surface area contributed by atoms with Crippen LogP contribution in [0.2, 0.25) is 0 Å². The average Bonchev–Trinajstić information content (AvgIpc) is 3.18. The molecule has 3 rings (SSSR count). The zero-order valence-electron chi connectivity index (χ0n) is 15.7. The van der Waals surface area contributed by atoms with Gasteiger partial charge in [0.25, 0.3) is 11.8 Å². The van der Waals surface area contributed by atoms with E-state index in [1.165, 1.54) is 12.1 Å². The van der Waals surface area contributed by atoms with Crippen LogP contribution in [0.5, 0.6) is 0 Å². The molecule has 2 aromatic carbocycles. The molecule has 0 radical (unpaired) electrons. The monoisotopic (exact) mass is 383 g/mol. The minimum atomic E-state index is -0.844. The van der Waals surface area contributed by atoms with E-state index in [4.69, 9.17) is 4.84 Å². The first-order valence-corrected chi connectivity index (χ1v) is 9.17. The molecule has 2 aromatic rings. The van der Waals surface area contributed by atoms with Crippen molar-refractivity contribution in [3.63, 3.8) is 0 Å². The molecular formula is C21H22FN3O3. The molecule has 1 heterocycles. The van der Waals surface area contributed by atoms with E-state index in [-0.39, 0.29) is 24.2 Å². The fourth-order valence-corrected chi connectivity index (χ4v) is 2.76. The summed E-state index contributed by atoms with van der Waals surface area (Å²) in [5.41, 5.74) is 1.85. The lowest BCUT2D eigenvalue weighted by Gasteiger charge is -2.15. The summed E-state index contributed by atoms with van der Waals surface area (Å²) in [7, 11) is 0. The smallest absolute Gasteiger partial charge is 0.268 e. The molecule has 28 heavy (non-hydrogen) atoms. The number of amides is 2. The van der Waals surface area contributed by atoms with Gasteiger partial charge in [0.1, 0.15) is 5.82 Å². The van der Waals surface area contributed by atoms with Gasteiger partial charge in [-0.25, -0.2) is 4.39 Å². The van der Waals surface area contributed by atoms with Crippen LogP contribution < -0.4 is 10.6 Å². The molecule has 2 N–H and O–H groups in total. The largest absolute Gasteiger partial charge is 0.382 e. The number of hydrogen-bond donors (Lipinski definition) is 2. The molecule has 0 bridgehead atoms. The van der Waals surface area contributed by atoms with Crippen LogP contribution in [0.25, 0.3) is 0 Å². The number of halogens is 1. The van der Waals surface area contributed by atoms with Crippen molar-refractivity contribution in [2.75, 3.05) is 5.32 Å². The van der Waals surface area contributed by atoms with Crippen LogP contribution in [0.15, 0.2) is 53.7 Å². The SMILES string of the molecule is CC[C@@H](C)NC(=O)c1ccccc1NC(=O)[C@H]1CC(c2cccc(F)c2)=NO1. The zero-order valence-corrected chi connectivity index (χ0v) is 15.7. The predicted molar refractivity (Wildman–Crippen MR) is 105 cm³/mol. The van der Waals surface area contributed by atoms with Crippen molar-refractivity contribution in [3.05, 3.63) is 65.5 Å². The quantitative estimate of drug-likeness (QED) is 0.801. The highest BCUT2D eigenvalue weighted by molar-refractivity contribution is 6.08. The van der Waals surface area contributed by atoms with Gasteiger partial charge >= 0.3 is 0 Å². The maximum absolute atomic E-state index is 13.4. The number of rotatable bonds is 6. The summed E-state index contributed by atoms with van der Waals surface area (Å²) in [6, 6.07) is 12.8. The van der Waals surface area contributed by atoms with Crippen LogP contribution in [0.4, 0.5) is 10.1 Å². The molecule has 0 fully saturated rings. The van der Waals surface area contributed by atoms with Crippen LogP contribution >= 0.6 is 0 Å². The second-order valence-corrected chi connectivity index (χ2v) is 6.66. The van der Waals surface area contributed by atoms with Crippen LogP contribution in [-0.4, -0.2) is 29.7 Å². The van der Waals surface area contributed by atoms with E-state index >= 15 is 0 Å². The normalized spacial score (nSPS) is 16.7. The third-order valence-corrected chi connectivity index (χ3v) is 4.54. The van der Waals surface area contributed by atoms with Gasteiger partial charge in [-0.15, -0.1) is 0 Å². The van der Waals surface area contributed by atoms with Gasteiger partial charge in [-0.2, -0.15) is 0 Å². The molecule has 0 aliphatic carbocycles. The summed E-state index contributed by atoms with van der Waals surface area (Å²) in [5.74, 6) is -1.05. The molecular weight excluding hydrogens is 361 g/mol. The lowest BCUT2D eigenvalue weighted by molar-refractivity contribution is -0.125. The summed E-state index contributed by atoms with van der Waals surface area (Å²) in [6.07, 6.45) is 0.177. The molecule has 1 aliphatic rings. The lowest BCUT2D eigenvalue weighted by Crippen LogP contribution is -2.33. The van der Waals surface area contributed by atoms with Gasteiger partial charge in [0.15, 0.2) is 0 Å². The number of carbonyl (C=O) groups excluding carboxylic acids is 2. The fraction of sp³-hybridized carbons (Fsp3) is 0.286. The Hall–Kier alpha value is -3.22. The number of para-hydroxylation sites is 1. The maximum Gasteiger partial charge on any atom is 0.268 e. The Bertz CT molecular complexity index is 913. The Kier molecular flexibility index (Phi) is 6.03. The zero-order chi connectivity index (χ0) is 20.1. The van der Waals surface area contributed by atoms with Crippen molar-refractivity contribution in [1.29, 1.82) is 0 Å². The topological polar surface area (TPSA) is 79.8 Å². The van der Waals surface area contributed by atoms with Gasteiger partial charge in [0, 0.05) is 18.0 Å². The molecule has 146 valence electrons. The number of carbonyl (C=O) groups is 2. The molecule has 2 atom stereocenters. The summed E-state index contributed by atoms with van der Waals surface area (Å²) >= 11 is 0. The highest BCUT2D eigenvalue weighted by Crippen LogP contribution is 2.21. The Morgan fingerprint density at radius 1 is 1.25 bits per heavy atom. The second kappa shape index (κ2) is 8.65. The Morgan fingerprint density at radius 3 is 2.79 bits per heavy atom. The van der Waals surface area contributed by atoms with Gasteiger partial charge in [-0.1, -0.05) is 36.3 Å². The predicted octanol–water partition coefficient (Wildman–Crippen LogP) is 3.49. The molecule has 0 aromatic heterocycles. The van der Waals surface area contributed by atoms with E-state index in [9.17, 15) is 14.0 Å². The van der Waals surface area contributed by atoms with Crippen molar-refractivity contribution in [3.8, 4) is 0 Å². The molecule has 0 saturated heterocycles. The first kappa shape index (κ1) is 19.5. The number of nitrogens with one attached hydrogen (secondary N) is 2.